The van der Waals surface area contributed by atoms with Crippen molar-refractivity contribution in [2.45, 2.75) is 32.1 Å². The summed E-state index contributed by atoms with van der Waals surface area (Å²) in [7, 11) is 0. The van der Waals surface area contributed by atoms with Gasteiger partial charge in [0.2, 0.25) is 11.7 Å². The third-order valence-corrected chi connectivity index (χ3v) is 3.87. The van der Waals surface area contributed by atoms with Crippen LogP contribution in [0.3, 0.4) is 0 Å². The number of carboxylic acid groups (broad SMARTS) is 1. The molecule has 0 spiro atoms. The minimum absolute atomic E-state index is 0.00353. The van der Waals surface area contributed by atoms with Gasteiger partial charge in [-0.3, -0.25) is 14.9 Å². The lowest BCUT2D eigenvalue weighted by Crippen LogP contribution is -2.26. The number of carbonyl (C=O) groups is 2. The van der Waals surface area contributed by atoms with E-state index in [1.165, 1.54) is 12.1 Å². The van der Waals surface area contributed by atoms with Crippen LogP contribution in [0.2, 0.25) is 0 Å². The van der Waals surface area contributed by atoms with Gasteiger partial charge in [0.25, 0.3) is 0 Å². The number of carboxylic acids is 1. The molecule has 2 N–H and O–H groups in total. The molecular formula is C14H16IN2O6-. The van der Waals surface area contributed by atoms with Crippen LogP contribution in [-0.2, 0) is 16.0 Å². The highest BCUT2D eigenvalue weighted by atomic mass is 127. The van der Waals surface area contributed by atoms with E-state index in [0.29, 0.717) is 34.9 Å². The molecule has 1 aromatic rings. The third-order valence-electron chi connectivity index (χ3n) is 3.04. The zero-order valence-electron chi connectivity index (χ0n) is 12.2. The van der Waals surface area contributed by atoms with E-state index in [9.17, 15) is 29.9 Å². The minimum Gasteiger partial charge on any atom is -0.550 e. The summed E-state index contributed by atoms with van der Waals surface area (Å²) in [5, 5.41) is 33.3. The molecule has 0 saturated heterocycles. The Hall–Kier alpha value is -1.91. The number of hydrogen-bond acceptors (Lipinski definition) is 6. The lowest BCUT2D eigenvalue weighted by molar-refractivity contribution is -0.386. The maximum absolute atomic E-state index is 11.8. The van der Waals surface area contributed by atoms with Crippen molar-refractivity contribution in [3.05, 3.63) is 31.4 Å². The molecule has 1 rings (SSSR count). The molecule has 0 saturated carbocycles. The van der Waals surface area contributed by atoms with Crippen LogP contribution in [0.5, 0.6) is 5.75 Å². The number of nitrogens with zero attached hydrogens (tertiary/aromatic N) is 1. The average Bonchev–Trinajstić information content (AvgIpc) is 2.45. The highest BCUT2D eigenvalue weighted by Gasteiger charge is 2.18. The monoisotopic (exact) mass is 435 g/mol. The molecule has 0 aliphatic carbocycles. The molecule has 1 amide bonds. The van der Waals surface area contributed by atoms with Gasteiger partial charge in [-0.2, -0.15) is 0 Å². The number of carbonyl (C=O) groups excluding carboxylic acids is 2. The van der Waals surface area contributed by atoms with E-state index in [0.717, 1.165) is 0 Å². The molecule has 23 heavy (non-hydrogen) atoms. The molecule has 126 valence electrons. The Balaban J connectivity index is 2.45. The van der Waals surface area contributed by atoms with Gasteiger partial charge in [0.1, 0.15) is 0 Å². The van der Waals surface area contributed by atoms with Crippen LogP contribution in [-0.4, -0.2) is 28.5 Å². The Bertz CT molecular complexity index is 605. The summed E-state index contributed by atoms with van der Waals surface area (Å²) in [6.45, 7) is 0.406. The Morgan fingerprint density at radius 1 is 1.26 bits per heavy atom. The lowest BCUT2D eigenvalue weighted by atomic mass is 10.1. The normalized spacial score (nSPS) is 10.3. The number of phenols is 1. The summed E-state index contributed by atoms with van der Waals surface area (Å²) < 4.78 is 0.307. The van der Waals surface area contributed by atoms with E-state index in [2.05, 4.69) is 5.32 Å². The van der Waals surface area contributed by atoms with Crippen LogP contribution in [0.25, 0.3) is 0 Å². The first-order chi connectivity index (χ1) is 10.8. The van der Waals surface area contributed by atoms with E-state index < -0.39 is 22.3 Å². The lowest BCUT2D eigenvalue weighted by Gasteiger charge is -2.07. The summed E-state index contributed by atoms with van der Waals surface area (Å²) in [6.07, 6.45) is 1.78. The highest BCUT2D eigenvalue weighted by Crippen LogP contribution is 2.32. The number of amides is 1. The van der Waals surface area contributed by atoms with Crippen LogP contribution in [0.1, 0.15) is 31.2 Å². The number of aromatic hydroxyl groups is 1. The van der Waals surface area contributed by atoms with E-state index in [4.69, 9.17) is 0 Å². The minimum atomic E-state index is -1.09. The summed E-state index contributed by atoms with van der Waals surface area (Å²) in [5.41, 5.74) is 0.00957. The van der Waals surface area contributed by atoms with Gasteiger partial charge in [0.15, 0.2) is 0 Å². The zero-order valence-corrected chi connectivity index (χ0v) is 14.4. The quantitative estimate of drug-likeness (QED) is 0.256. The van der Waals surface area contributed by atoms with Crippen molar-refractivity contribution in [2.24, 2.45) is 0 Å². The first kappa shape index (κ1) is 19.1. The van der Waals surface area contributed by atoms with Gasteiger partial charge in [-0.05, 0) is 53.5 Å². The van der Waals surface area contributed by atoms with Crippen LogP contribution < -0.4 is 10.4 Å². The molecule has 1 aromatic carbocycles. The smallest absolute Gasteiger partial charge is 0.312 e. The largest absolute Gasteiger partial charge is 0.550 e. The molecule has 0 radical (unpaired) electrons. The zero-order chi connectivity index (χ0) is 17.4. The number of halogens is 1. The number of nitrogens with one attached hydrogen (secondary N) is 1. The maximum Gasteiger partial charge on any atom is 0.312 e. The molecule has 0 heterocycles. The number of unbranched alkanes of at least 4 members (excludes halogenated alkanes) is 2. The van der Waals surface area contributed by atoms with E-state index in [-0.39, 0.29) is 18.7 Å². The molecule has 0 atom stereocenters. The number of aliphatic carboxylic acids is 1. The van der Waals surface area contributed by atoms with Crippen molar-refractivity contribution < 1.29 is 24.7 Å². The SMILES string of the molecule is O=C([O-])CCCCCNC(=O)Cc1cc(I)c(O)c([N+](=O)[O-])c1. The van der Waals surface area contributed by atoms with Gasteiger partial charge in [-0.15, -0.1) is 0 Å². The van der Waals surface area contributed by atoms with Crippen molar-refractivity contribution in [3.63, 3.8) is 0 Å². The number of benzene rings is 1. The van der Waals surface area contributed by atoms with Gasteiger partial charge in [-0.25, -0.2) is 0 Å². The van der Waals surface area contributed by atoms with Crippen molar-refractivity contribution in [1.82, 2.24) is 5.32 Å². The second-order valence-electron chi connectivity index (χ2n) is 4.91. The topological polar surface area (TPSA) is 133 Å². The average molecular weight is 435 g/mol. The molecular weight excluding hydrogens is 419 g/mol. The second kappa shape index (κ2) is 9.28. The summed E-state index contributed by atoms with van der Waals surface area (Å²) in [4.78, 5) is 32.1. The third kappa shape index (κ3) is 6.80. The fourth-order valence-electron chi connectivity index (χ4n) is 1.93. The highest BCUT2D eigenvalue weighted by molar-refractivity contribution is 14.1. The molecule has 9 heteroatoms. The Kier molecular flexibility index (Phi) is 7.72. The van der Waals surface area contributed by atoms with E-state index >= 15 is 0 Å². The Morgan fingerprint density at radius 3 is 2.57 bits per heavy atom. The van der Waals surface area contributed by atoms with Crippen molar-refractivity contribution >= 4 is 40.2 Å². The first-order valence-corrected chi connectivity index (χ1v) is 8.01. The van der Waals surface area contributed by atoms with Crippen LogP contribution >= 0.6 is 22.6 Å². The van der Waals surface area contributed by atoms with Gasteiger partial charge >= 0.3 is 5.69 Å². The van der Waals surface area contributed by atoms with Gasteiger partial charge in [0.05, 0.1) is 14.9 Å². The number of nitro groups is 1. The van der Waals surface area contributed by atoms with Gasteiger partial charge < -0.3 is 20.3 Å². The first-order valence-electron chi connectivity index (χ1n) is 6.93. The second-order valence-corrected chi connectivity index (χ2v) is 6.07. The Labute approximate surface area is 146 Å². The maximum atomic E-state index is 11.8. The molecule has 8 nitrogen and oxygen atoms in total. The van der Waals surface area contributed by atoms with Crippen molar-refractivity contribution in [3.8, 4) is 5.75 Å². The molecule has 0 bridgehead atoms. The van der Waals surface area contributed by atoms with Crippen LogP contribution in [0.15, 0.2) is 12.1 Å². The van der Waals surface area contributed by atoms with Crippen molar-refractivity contribution in [1.29, 1.82) is 0 Å². The molecule has 0 aliphatic heterocycles. The van der Waals surface area contributed by atoms with E-state index in [1.807, 2.05) is 0 Å². The predicted octanol–water partition coefficient (Wildman–Crippen LogP) is 0.874. The number of nitro benzene ring substituents is 1. The number of hydrogen-bond donors (Lipinski definition) is 2. The molecule has 0 unspecified atom stereocenters. The summed E-state index contributed by atoms with van der Waals surface area (Å²) in [5.74, 6) is -1.79. The number of rotatable bonds is 9. The van der Waals surface area contributed by atoms with Crippen LogP contribution in [0.4, 0.5) is 5.69 Å². The number of phenolic OH excluding ortho intramolecular Hbond substituents is 1. The summed E-state index contributed by atoms with van der Waals surface area (Å²) >= 11 is 1.77. The summed E-state index contributed by atoms with van der Waals surface area (Å²) in [6, 6.07) is 2.69. The Morgan fingerprint density at radius 2 is 1.96 bits per heavy atom. The fourth-order valence-corrected chi connectivity index (χ4v) is 2.60. The van der Waals surface area contributed by atoms with Gasteiger partial charge in [0, 0.05) is 18.6 Å². The molecule has 0 aliphatic rings. The molecule has 0 fully saturated rings. The van der Waals surface area contributed by atoms with E-state index in [1.54, 1.807) is 22.6 Å². The van der Waals surface area contributed by atoms with Crippen LogP contribution in [0, 0.1) is 13.7 Å². The standard InChI is InChI=1S/C14H17IN2O6/c15-10-6-9(7-11(14(10)21)17(22)23)8-12(18)16-5-3-1-2-4-13(19)20/h6-7,21H,1-5,8H2,(H,16,18)(H,19,20)/p-1. The van der Waals surface area contributed by atoms with Crippen molar-refractivity contribution in [2.75, 3.05) is 6.54 Å². The van der Waals surface area contributed by atoms with Gasteiger partial charge in [-0.1, -0.05) is 6.42 Å². The molecule has 0 aromatic heterocycles. The fraction of sp³-hybridized carbons (Fsp3) is 0.429. The predicted molar refractivity (Wildman–Crippen MR) is 87.7 cm³/mol.